The Labute approximate surface area is 175 Å². The van der Waals surface area contributed by atoms with Gasteiger partial charge in [0.1, 0.15) is 5.82 Å². The van der Waals surface area contributed by atoms with Crippen molar-refractivity contribution in [3.8, 4) is 0 Å². The number of hydrogen-bond donors (Lipinski definition) is 0. The van der Waals surface area contributed by atoms with E-state index in [1.165, 1.54) is 19.3 Å². The molecule has 4 heterocycles. The number of hydrogen-bond acceptors (Lipinski definition) is 7. The van der Waals surface area contributed by atoms with Gasteiger partial charge >= 0.3 is 0 Å². The monoisotopic (exact) mass is 409 g/mol. The summed E-state index contributed by atoms with van der Waals surface area (Å²) in [6, 6.07) is 9.83. The van der Waals surface area contributed by atoms with E-state index >= 15 is 0 Å². The lowest BCUT2D eigenvalue weighted by Crippen LogP contribution is -2.47. The van der Waals surface area contributed by atoms with E-state index in [2.05, 4.69) is 42.0 Å². The van der Waals surface area contributed by atoms with Gasteiger partial charge in [0.05, 0.1) is 17.2 Å². The van der Waals surface area contributed by atoms with Crippen molar-refractivity contribution >= 4 is 40.1 Å². The molecule has 2 saturated heterocycles. The molecule has 0 N–H and O–H groups in total. The van der Waals surface area contributed by atoms with Crippen LogP contribution in [0.4, 0.5) is 17.5 Å². The summed E-state index contributed by atoms with van der Waals surface area (Å²) in [4.78, 5) is 16.2. The maximum absolute atomic E-state index is 6.04. The number of nitrogens with zero attached hydrogens (tertiary/aromatic N) is 7. The van der Waals surface area contributed by atoms with Crippen LogP contribution < -0.4 is 14.7 Å². The zero-order chi connectivity index (χ0) is 19.6. The largest absolute Gasteiger partial charge is 0.355 e. The number of rotatable bonds is 3. The van der Waals surface area contributed by atoms with Crippen LogP contribution in [0.3, 0.4) is 0 Å². The number of fused-ring (bicyclic) bond motifs is 1. The number of piperidine rings is 1. The second-order valence-electron chi connectivity index (χ2n) is 7.63. The molecule has 0 aliphatic carbocycles. The first-order valence-corrected chi connectivity index (χ1v) is 10.6. The van der Waals surface area contributed by atoms with Crippen molar-refractivity contribution in [2.75, 3.05) is 54.0 Å². The Morgan fingerprint density at radius 3 is 1.93 bits per heavy atom. The van der Waals surface area contributed by atoms with Crippen molar-refractivity contribution in [3.05, 3.63) is 41.6 Å². The molecule has 150 valence electrons. The van der Waals surface area contributed by atoms with Gasteiger partial charge in [-0.3, -0.25) is 4.98 Å². The van der Waals surface area contributed by atoms with Crippen LogP contribution >= 0.6 is 11.6 Å². The van der Waals surface area contributed by atoms with Crippen LogP contribution in [-0.4, -0.2) is 59.4 Å². The third-order valence-electron chi connectivity index (χ3n) is 5.74. The fraction of sp³-hybridized carbons (Fsp3) is 0.429. The Morgan fingerprint density at radius 2 is 1.28 bits per heavy atom. The van der Waals surface area contributed by atoms with E-state index in [1.807, 2.05) is 24.4 Å². The van der Waals surface area contributed by atoms with Crippen LogP contribution in [0.25, 0.3) is 11.0 Å². The van der Waals surface area contributed by atoms with Crippen molar-refractivity contribution in [1.29, 1.82) is 0 Å². The van der Waals surface area contributed by atoms with E-state index in [1.54, 1.807) is 0 Å². The maximum Gasteiger partial charge on any atom is 0.151 e. The molecule has 0 atom stereocenters. The minimum Gasteiger partial charge on any atom is -0.355 e. The topological polar surface area (TPSA) is 61.3 Å². The molecule has 0 radical (unpaired) electrons. The quantitative estimate of drug-likeness (QED) is 0.657. The minimum atomic E-state index is 0.681. The lowest BCUT2D eigenvalue weighted by molar-refractivity contribution is 0.570. The van der Waals surface area contributed by atoms with Crippen molar-refractivity contribution in [1.82, 2.24) is 20.2 Å². The molecule has 2 aliphatic rings. The summed E-state index contributed by atoms with van der Waals surface area (Å²) < 4.78 is 0. The Kier molecular flexibility index (Phi) is 5.06. The van der Waals surface area contributed by atoms with E-state index in [4.69, 9.17) is 16.6 Å². The molecule has 8 heteroatoms. The molecule has 0 saturated carbocycles. The number of anilines is 3. The fourth-order valence-electron chi connectivity index (χ4n) is 4.07. The lowest BCUT2D eigenvalue weighted by atomic mass is 10.1. The van der Waals surface area contributed by atoms with E-state index in [9.17, 15) is 0 Å². The highest BCUT2D eigenvalue weighted by Crippen LogP contribution is 2.22. The summed E-state index contributed by atoms with van der Waals surface area (Å²) in [5.41, 5.74) is 1.69. The Hall–Kier alpha value is -2.67. The molecular formula is C21H24ClN7. The van der Waals surface area contributed by atoms with Crippen LogP contribution in [0.5, 0.6) is 0 Å². The summed E-state index contributed by atoms with van der Waals surface area (Å²) in [6.45, 7) is 5.71. The van der Waals surface area contributed by atoms with Gasteiger partial charge in [-0.05, 0) is 49.6 Å². The first-order chi connectivity index (χ1) is 14.3. The molecule has 0 amide bonds. The standard InChI is InChI=1S/C21H24ClN7/c22-16-4-5-17-18(14-16)23-15-21(24-17)29-12-10-28(11-13-29)20-7-6-19(25-26-20)27-8-2-1-3-9-27/h4-7,14-15H,1-3,8-13H2. The second-order valence-corrected chi connectivity index (χ2v) is 8.07. The van der Waals surface area contributed by atoms with E-state index in [0.717, 1.165) is 67.8 Å². The van der Waals surface area contributed by atoms with Gasteiger partial charge in [-0.15, -0.1) is 10.2 Å². The first kappa shape index (κ1) is 18.4. The van der Waals surface area contributed by atoms with E-state index in [-0.39, 0.29) is 0 Å². The molecule has 1 aromatic carbocycles. The van der Waals surface area contributed by atoms with Crippen molar-refractivity contribution < 1.29 is 0 Å². The highest BCUT2D eigenvalue weighted by atomic mass is 35.5. The average molecular weight is 410 g/mol. The molecule has 3 aromatic rings. The Bertz CT molecular complexity index is 980. The number of halogens is 1. The van der Waals surface area contributed by atoms with Crippen molar-refractivity contribution in [2.45, 2.75) is 19.3 Å². The van der Waals surface area contributed by atoms with Gasteiger partial charge in [0.15, 0.2) is 11.6 Å². The SMILES string of the molecule is Clc1ccc2nc(N3CCN(c4ccc(N5CCCCC5)nn4)CC3)cnc2c1. The lowest BCUT2D eigenvalue weighted by Gasteiger charge is -2.36. The fourth-order valence-corrected chi connectivity index (χ4v) is 4.24. The van der Waals surface area contributed by atoms with Gasteiger partial charge in [-0.1, -0.05) is 11.6 Å². The van der Waals surface area contributed by atoms with Crippen LogP contribution in [0.1, 0.15) is 19.3 Å². The summed E-state index contributed by atoms with van der Waals surface area (Å²) >= 11 is 6.04. The molecule has 0 bridgehead atoms. The summed E-state index contributed by atoms with van der Waals surface area (Å²) in [5.74, 6) is 2.86. The molecule has 0 spiro atoms. The van der Waals surface area contributed by atoms with Crippen LogP contribution in [-0.2, 0) is 0 Å². The molecule has 0 unspecified atom stereocenters. The summed E-state index contributed by atoms with van der Waals surface area (Å²) in [6.07, 6.45) is 5.65. The smallest absolute Gasteiger partial charge is 0.151 e. The third kappa shape index (κ3) is 3.92. The van der Waals surface area contributed by atoms with Gasteiger partial charge in [-0.25, -0.2) is 4.98 Å². The second kappa shape index (κ2) is 7.99. The van der Waals surface area contributed by atoms with Crippen LogP contribution in [0.15, 0.2) is 36.5 Å². The molecule has 2 aliphatic heterocycles. The molecule has 29 heavy (non-hydrogen) atoms. The molecular weight excluding hydrogens is 386 g/mol. The van der Waals surface area contributed by atoms with E-state index < -0.39 is 0 Å². The molecule has 2 fully saturated rings. The van der Waals surface area contributed by atoms with Crippen LogP contribution in [0.2, 0.25) is 5.02 Å². The third-order valence-corrected chi connectivity index (χ3v) is 5.97. The van der Waals surface area contributed by atoms with Gasteiger partial charge < -0.3 is 14.7 Å². The van der Waals surface area contributed by atoms with Gasteiger partial charge in [0.2, 0.25) is 0 Å². The zero-order valence-electron chi connectivity index (χ0n) is 16.3. The predicted octanol–water partition coefficient (Wildman–Crippen LogP) is 3.39. The Balaban J connectivity index is 1.23. The highest BCUT2D eigenvalue weighted by Gasteiger charge is 2.21. The predicted molar refractivity (Wildman–Crippen MR) is 117 cm³/mol. The minimum absolute atomic E-state index is 0.681. The molecule has 7 nitrogen and oxygen atoms in total. The first-order valence-electron chi connectivity index (χ1n) is 10.3. The highest BCUT2D eigenvalue weighted by molar-refractivity contribution is 6.31. The number of aromatic nitrogens is 4. The summed E-state index contributed by atoms with van der Waals surface area (Å²) in [7, 11) is 0. The maximum atomic E-state index is 6.04. The average Bonchev–Trinajstić information content (AvgIpc) is 2.79. The molecule has 5 rings (SSSR count). The normalized spacial score (nSPS) is 17.8. The number of piperazine rings is 1. The van der Waals surface area contributed by atoms with Crippen molar-refractivity contribution in [3.63, 3.8) is 0 Å². The van der Waals surface area contributed by atoms with Gasteiger partial charge in [-0.2, -0.15) is 0 Å². The van der Waals surface area contributed by atoms with Crippen LogP contribution in [0, 0.1) is 0 Å². The van der Waals surface area contributed by atoms with Crippen molar-refractivity contribution in [2.24, 2.45) is 0 Å². The zero-order valence-corrected chi connectivity index (χ0v) is 17.1. The van der Waals surface area contributed by atoms with Gasteiger partial charge in [0, 0.05) is 44.3 Å². The molecule has 2 aromatic heterocycles. The summed E-state index contributed by atoms with van der Waals surface area (Å²) in [5, 5.41) is 9.66. The number of benzene rings is 1. The van der Waals surface area contributed by atoms with Gasteiger partial charge in [0.25, 0.3) is 0 Å². The Morgan fingerprint density at radius 1 is 0.655 bits per heavy atom. The van der Waals surface area contributed by atoms with E-state index in [0.29, 0.717) is 5.02 Å².